The highest BCUT2D eigenvalue weighted by molar-refractivity contribution is 7.89. The number of sulfonamides is 1. The second-order valence-electron chi connectivity index (χ2n) is 5.53. The molecule has 1 N–H and O–H groups in total. The van der Waals surface area contributed by atoms with Crippen molar-refractivity contribution in [3.05, 3.63) is 24.3 Å². The summed E-state index contributed by atoms with van der Waals surface area (Å²) in [6.45, 7) is 6.66. The van der Waals surface area contributed by atoms with Gasteiger partial charge in [-0.15, -0.1) is 0 Å². The van der Waals surface area contributed by atoms with Crippen molar-refractivity contribution >= 4 is 10.0 Å². The predicted octanol–water partition coefficient (Wildman–Crippen LogP) is 2.05. The zero-order valence-electron chi connectivity index (χ0n) is 14.1. The van der Waals surface area contributed by atoms with Crippen molar-refractivity contribution in [2.45, 2.75) is 25.2 Å². The van der Waals surface area contributed by atoms with Gasteiger partial charge in [0.15, 0.2) is 0 Å². The Bertz CT molecular complexity index is 528. The van der Waals surface area contributed by atoms with Gasteiger partial charge in [-0.2, -0.15) is 0 Å². The van der Waals surface area contributed by atoms with Crippen LogP contribution in [0.2, 0.25) is 0 Å². The van der Waals surface area contributed by atoms with Crippen LogP contribution in [0.3, 0.4) is 0 Å². The van der Waals surface area contributed by atoms with E-state index in [1.165, 1.54) is 12.1 Å². The van der Waals surface area contributed by atoms with Gasteiger partial charge in [0.25, 0.3) is 0 Å². The average Bonchev–Trinajstić information content (AvgIpc) is 2.51. The maximum absolute atomic E-state index is 12.1. The molecule has 0 aliphatic rings. The topological polar surface area (TPSA) is 73.9 Å². The van der Waals surface area contributed by atoms with E-state index in [-0.39, 0.29) is 4.90 Å². The van der Waals surface area contributed by atoms with E-state index in [1.807, 2.05) is 0 Å². The average molecular weight is 345 g/mol. The Kier molecular flexibility index (Phi) is 9.16. The SMILES string of the molecule is COCCOc1ccc(S(=O)(=O)NCCCOCC(C)C)cc1. The van der Waals surface area contributed by atoms with Crippen molar-refractivity contribution in [3.63, 3.8) is 0 Å². The van der Waals surface area contributed by atoms with Crippen LogP contribution in [0.15, 0.2) is 29.2 Å². The second kappa shape index (κ2) is 10.6. The molecular formula is C16H27NO5S. The molecule has 0 radical (unpaired) electrons. The van der Waals surface area contributed by atoms with Crippen LogP contribution in [0.1, 0.15) is 20.3 Å². The molecule has 0 unspecified atom stereocenters. The number of methoxy groups -OCH3 is 1. The van der Waals surface area contributed by atoms with Crippen LogP contribution in [-0.2, 0) is 19.5 Å². The minimum atomic E-state index is -3.49. The summed E-state index contributed by atoms with van der Waals surface area (Å²) in [7, 11) is -1.90. The van der Waals surface area contributed by atoms with Gasteiger partial charge < -0.3 is 14.2 Å². The third-order valence-corrected chi connectivity index (χ3v) is 4.38. The fraction of sp³-hybridized carbons (Fsp3) is 0.625. The summed E-state index contributed by atoms with van der Waals surface area (Å²) in [4.78, 5) is 0.222. The molecule has 1 aromatic carbocycles. The molecule has 7 heteroatoms. The van der Waals surface area contributed by atoms with Gasteiger partial charge in [-0.3, -0.25) is 0 Å². The fourth-order valence-corrected chi connectivity index (χ4v) is 2.82. The molecule has 1 rings (SSSR count). The molecule has 0 saturated carbocycles. The van der Waals surface area contributed by atoms with Crippen LogP contribution in [0.25, 0.3) is 0 Å². The highest BCUT2D eigenvalue weighted by Crippen LogP contribution is 2.15. The van der Waals surface area contributed by atoms with Gasteiger partial charge in [0.2, 0.25) is 10.0 Å². The van der Waals surface area contributed by atoms with Gasteiger partial charge in [-0.05, 0) is 36.6 Å². The lowest BCUT2D eigenvalue weighted by Gasteiger charge is -2.09. The minimum absolute atomic E-state index is 0.222. The fourth-order valence-electron chi connectivity index (χ4n) is 1.74. The van der Waals surface area contributed by atoms with E-state index in [4.69, 9.17) is 14.2 Å². The van der Waals surface area contributed by atoms with Gasteiger partial charge >= 0.3 is 0 Å². The molecule has 23 heavy (non-hydrogen) atoms. The Morgan fingerprint density at radius 2 is 1.78 bits per heavy atom. The number of nitrogens with one attached hydrogen (secondary N) is 1. The Labute approximate surface area is 139 Å². The van der Waals surface area contributed by atoms with Crippen molar-refractivity contribution in [1.82, 2.24) is 4.72 Å². The highest BCUT2D eigenvalue weighted by Gasteiger charge is 2.13. The molecule has 0 amide bonds. The Hall–Kier alpha value is -1.15. The van der Waals surface area contributed by atoms with E-state index in [2.05, 4.69) is 18.6 Å². The van der Waals surface area contributed by atoms with Crippen LogP contribution in [0.4, 0.5) is 0 Å². The van der Waals surface area contributed by atoms with Gasteiger partial charge in [0, 0.05) is 26.9 Å². The standard InChI is InChI=1S/C16H27NO5S/c1-14(2)13-21-10-4-9-17-23(18,19)16-7-5-15(6-8-16)22-12-11-20-3/h5-8,14,17H,4,9-13H2,1-3H3. The maximum atomic E-state index is 12.1. The normalized spacial score (nSPS) is 11.8. The lowest BCUT2D eigenvalue weighted by Crippen LogP contribution is -2.25. The quantitative estimate of drug-likeness (QED) is 0.587. The van der Waals surface area contributed by atoms with E-state index < -0.39 is 10.0 Å². The van der Waals surface area contributed by atoms with E-state index in [1.54, 1.807) is 19.2 Å². The second-order valence-corrected chi connectivity index (χ2v) is 7.30. The van der Waals surface area contributed by atoms with Gasteiger partial charge in [-0.1, -0.05) is 13.8 Å². The van der Waals surface area contributed by atoms with Gasteiger partial charge in [-0.25, -0.2) is 13.1 Å². The molecule has 0 bridgehead atoms. The van der Waals surface area contributed by atoms with Crippen molar-refractivity contribution in [1.29, 1.82) is 0 Å². The molecule has 0 aliphatic heterocycles. The monoisotopic (exact) mass is 345 g/mol. The molecule has 0 spiro atoms. The summed E-state index contributed by atoms with van der Waals surface area (Å²) in [6.07, 6.45) is 0.643. The highest BCUT2D eigenvalue weighted by atomic mass is 32.2. The van der Waals surface area contributed by atoms with Crippen LogP contribution in [0, 0.1) is 5.92 Å². The van der Waals surface area contributed by atoms with E-state index >= 15 is 0 Å². The molecule has 1 aromatic rings. The summed E-state index contributed by atoms with van der Waals surface area (Å²) in [5.41, 5.74) is 0. The third-order valence-electron chi connectivity index (χ3n) is 2.90. The van der Waals surface area contributed by atoms with Crippen molar-refractivity contribution in [2.24, 2.45) is 5.92 Å². The van der Waals surface area contributed by atoms with Gasteiger partial charge in [0.1, 0.15) is 12.4 Å². The van der Waals surface area contributed by atoms with Crippen molar-refractivity contribution < 1.29 is 22.6 Å². The van der Waals surface area contributed by atoms with E-state index in [9.17, 15) is 8.42 Å². The van der Waals surface area contributed by atoms with E-state index in [0.29, 0.717) is 51.1 Å². The zero-order valence-corrected chi connectivity index (χ0v) is 14.9. The Balaban J connectivity index is 2.37. The Morgan fingerprint density at radius 1 is 1.09 bits per heavy atom. The predicted molar refractivity (Wildman–Crippen MR) is 89.3 cm³/mol. The first-order valence-electron chi connectivity index (χ1n) is 7.75. The number of hydrogen-bond acceptors (Lipinski definition) is 5. The summed E-state index contributed by atoms with van der Waals surface area (Å²) in [5, 5.41) is 0. The number of benzene rings is 1. The maximum Gasteiger partial charge on any atom is 0.240 e. The number of rotatable bonds is 12. The molecule has 132 valence electrons. The Morgan fingerprint density at radius 3 is 2.39 bits per heavy atom. The minimum Gasteiger partial charge on any atom is -0.491 e. The molecule has 6 nitrogen and oxygen atoms in total. The van der Waals surface area contributed by atoms with Crippen LogP contribution in [0.5, 0.6) is 5.75 Å². The molecule has 0 aliphatic carbocycles. The number of ether oxygens (including phenoxy) is 3. The van der Waals surface area contributed by atoms with Crippen molar-refractivity contribution in [3.8, 4) is 5.75 Å². The molecule has 0 saturated heterocycles. The smallest absolute Gasteiger partial charge is 0.240 e. The molecule has 0 fully saturated rings. The van der Waals surface area contributed by atoms with Gasteiger partial charge in [0.05, 0.1) is 11.5 Å². The molecular weight excluding hydrogens is 318 g/mol. The summed E-state index contributed by atoms with van der Waals surface area (Å²) < 4.78 is 42.5. The first kappa shape index (κ1) is 19.9. The van der Waals surface area contributed by atoms with Crippen molar-refractivity contribution in [2.75, 3.05) is 40.1 Å². The lowest BCUT2D eigenvalue weighted by molar-refractivity contribution is 0.108. The summed E-state index contributed by atoms with van der Waals surface area (Å²) in [5.74, 6) is 1.10. The molecule has 0 aromatic heterocycles. The summed E-state index contributed by atoms with van der Waals surface area (Å²) >= 11 is 0. The van der Waals surface area contributed by atoms with Crippen LogP contribution >= 0.6 is 0 Å². The molecule has 0 atom stereocenters. The van der Waals surface area contributed by atoms with Crippen LogP contribution < -0.4 is 9.46 Å². The largest absolute Gasteiger partial charge is 0.491 e. The van der Waals surface area contributed by atoms with E-state index in [0.717, 1.165) is 0 Å². The number of hydrogen-bond donors (Lipinski definition) is 1. The first-order valence-corrected chi connectivity index (χ1v) is 9.23. The lowest BCUT2D eigenvalue weighted by atomic mass is 10.2. The molecule has 0 heterocycles. The third kappa shape index (κ3) is 8.31. The summed E-state index contributed by atoms with van der Waals surface area (Å²) in [6, 6.07) is 6.32. The van der Waals surface area contributed by atoms with Crippen LogP contribution in [-0.4, -0.2) is 48.5 Å². The zero-order chi connectivity index (χ0) is 17.1. The first-order chi connectivity index (χ1) is 11.0.